The average Bonchev–Trinajstić information content (AvgIpc) is 3.34. The summed E-state index contributed by atoms with van der Waals surface area (Å²) in [5.41, 5.74) is 3.96. The van der Waals surface area contributed by atoms with Gasteiger partial charge in [0.05, 0.1) is 16.8 Å². The first-order valence-electron chi connectivity index (χ1n) is 8.48. The number of nitrogens with one attached hydrogen (secondary N) is 1. The Kier molecular flexibility index (Phi) is 4.93. The topological polar surface area (TPSA) is 85.8 Å². The van der Waals surface area contributed by atoms with E-state index in [2.05, 4.69) is 30.7 Å². The van der Waals surface area contributed by atoms with E-state index in [1.54, 1.807) is 15.6 Å². The normalized spacial score (nSPS) is 11.4. The molecule has 0 atom stereocenters. The van der Waals surface area contributed by atoms with Crippen LogP contribution in [0, 0.1) is 20.8 Å². The lowest BCUT2D eigenvalue weighted by molar-refractivity contribution is 0.717. The predicted octanol–water partition coefficient (Wildman–Crippen LogP) is 4.12. The molecule has 8 nitrogen and oxygen atoms in total. The third-order valence-electron chi connectivity index (χ3n) is 4.01. The van der Waals surface area contributed by atoms with Crippen molar-refractivity contribution in [3.05, 3.63) is 63.6 Å². The summed E-state index contributed by atoms with van der Waals surface area (Å²) in [4.78, 5) is 5.10. The van der Waals surface area contributed by atoms with Crippen molar-refractivity contribution >= 4 is 40.0 Å². The highest BCUT2D eigenvalue weighted by Crippen LogP contribution is 2.29. The van der Waals surface area contributed by atoms with Crippen LogP contribution >= 0.6 is 22.9 Å². The maximum absolute atomic E-state index is 6.29. The van der Waals surface area contributed by atoms with Crippen LogP contribution in [0.3, 0.4) is 0 Å². The van der Waals surface area contributed by atoms with Gasteiger partial charge in [-0.1, -0.05) is 41.1 Å². The minimum Gasteiger partial charge on any atom is -0.331 e. The molecule has 0 fully saturated rings. The first-order valence-corrected chi connectivity index (χ1v) is 9.67. The van der Waals surface area contributed by atoms with Gasteiger partial charge in [-0.25, -0.2) is 9.67 Å². The number of aromatic nitrogens is 6. The van der Waals surface area contributed by atoms with Crippen LogP contribution in [0.4, 0.5) is 10.8 Å². The molecule has 0 bridgehead atoms. The number of anilines is 2. The Labute approximate surface area is 170 Å². The van der Waals surface area contributed by atoms with Crippen molar-refractivity contribution in [3.63, 3.8) is 0 Å². The van der Waals surface area contributed by atoms with Gasteiger partial charge in [-0.05, 0) is 38.5 Å². The molecule has 142 valence electrons. The minimum absolute atomic E-state index is 0.380. The highest BCUT2D eigenvalue weighted by Gasteiger charge is 2.12. The monoisotopic (exact) mass is 412 g/mol. The summed E-state index contributed by atoms with van der Waals surface area (Å²) in [6.07, 6.45) is 3.16. The van der Waals surface area contributed by atoms with Crippen LogP contribution in [0.1, 0.15) is 21.8 Å². The van der Waals surface area contributed by atoms with Crippen molar-refractivity contribution in [2.45, 2.75) is 20.8 Å². The second-order valence-corrected chi connectivity index (χ2v) is 7.56. The fraction of sp³-hybridized carbons (Fsp3) is 0.167. The number of aryl methyl sites for hydroxylation is 3. The summed E-state index contributed by atoms with van der Waals surface area (Å²) >= 11 is 7.70. The van der Waals surface area contributed by atoms with Gasteiger partial charge in [0.15, 0.2) is 10.3 Å². The second kappa shape index (κ2) is 7.53. The van der Waals surface area contributed by atoms with Gasteiger partial charge >= 0.3 is 0 Å². The van der Waals surface area contributed by atoms with Crippen molar-refractivity contribution in [2.75, 3.05) is 5.32 Å². The number of halogens is 1. The average molecular weight is 413 g/mol. The molecule has 0 radical (unpaired) electrons. The van der Waals surface area contributed by atoms with Crippen LogP contribution in [0.2, 0.25) is 5.15 Å². The lowest BCUT2D eigenvalue weighted by Gasteiger charge is -2.05. The molecule has 0 spiro atoms. The van der Waals surface area contributed by atoms with Crippen molar-refractivity contribution < 1.29 is 0 Å². The van der Waals surface area contributed by atoms with E-state index in [-0.39, 0.29) is 0 Å². The van der Waals surface area contributed by atoms with Gasteiger partial charge in [0, 0.05) is 11.4 Å². The molecule has 0 saturated carbocycles. The van der Waals surface area contributed by atoms with Gasteiger partial charge in [-0.2, -0.15) is 14.9 Å². The molecule has 28 heavy (non-hydrogen) atoms. The lowest BCUT2D eigenvalue weighted by Crippen LogP contribution is -2.06. The Hall–Kier alpha value is -3.04. The molecule has 3 heterocycles. The third kappa shape index (κ3) is 3.67. The molecular weight excluding hydrogens is 396 g/mol. The van der Waals surface area contributed by atoms with E-state index >= 15 is 0 Å². The molecular formula is C18H17ClN8S. The molecule has 10 heteroatoms. The second-order valence-electron chi connectivity index (χ2n) is 6.17. The zero-order chi connectivity index (χ0) is 19.7. The Morgan fingerprint density at radius 2 is 2.04 bits per heavy atom. The van der Waals surface area contributed by atoms with E-state index in [1.807, 2.05) is 51.1 Å². The SMILES string of the molecule is Cc1cc(C)n(-c2nncn2/N=C/c2sc(Nc3ccccc3C)nc2Cl)n1. The highest BCUT2D eigenvalue weighted by molar-refractivity contribution is 7.17. The summed E-state index contributed by atoms with van der Waals surface area (Å²) in [5, 5.41) is 21.3. The number of para-hydroxylation sites is 1. The van der Waals surface area contributed by atoms with Gasteiger partial charge in [-0.3, -0.25) is 0 Å². The summed E-state index contributed by atoms with van der Waals surface area (Å²) in [7, 11) is 0. The maximum atomic E-state index is 6.29. The Morgan fingerprint density at radius 1 is 1.21 bits per heavy atom. The number of benzene rings is 1. The van der Waals surface area contributed by atoms with Crippen LogP contribution in [0.5, 0.6) is 0 Å². The molecule has 1 N–H and O–H groups in total. The summed E-state index contributed by atoms with van der Waals surface area (Å²) < 4.78 is 3.24. The summed E-state index contributed by atoms with van der Waals surface area (Å²) in [6.45, 7) is 5.91. The van der Waals surface area contributed by atoms with Crippen LogP contribution in [0.15, 0.2) is 41.8 Å². The highest BCUT2D eigenvalue weighted by atomic mass is 35.5. The predicted molar refractivity (Wildman–Crippen MR) is 111 cm³/mol. The summed E-state index contributed by atoms with van der Waals surface area (Å²) in [5.74, 6) is 0.501. The zero-order valence-corrected chi connectivity index (χ0v) is 17.0. The number of hydrogen-bond donors (Lipinski definition) is 1. The fourth-order valence-electron chi connectivity index (χ4n) is 2.67. The zero-order valence-electron chi connectivity index (χ0n) is 15.5. The quantitative estimate of drug-likeness (QED) is 0.498. The van der Waals surface area contributed by atoms with Crippen LogP contribution in [-0.4, -0.2) is 35.9 Å². The van der Waals surface area contributed by atoms with E-state index in [9.17, 15) is 0 Å². The smallest absolute Gasteiger partial charge is 0.273 e. The molecule has 0 aliphatic rings. The Balaban J connectivity index is 1.58. The number of hydrogen-bond acceptors (Lipinski definition) is 7. The van der Waals surface area contributed by atoms with Crippen molar-refractivity contribution in [2.24, 2.45) is 5.10 Å². The van der Waals surface area contributed by atoms with Crippen LogP contribution in [0.25, 0.3) is 5.95 Å². The molecule has 0 aliphatic heterocycles. The Bertz CT molecular complexity index is 1160. The molecule has 0 amide bonds. The summed E-state index contributed by atoms with van der Waals surface area (Å²) in [6, 6.07) is 9.96. The van der Waals surface area contributed by atoms with Crippen LogP contribution in [-0.2, 0) is 0 Å². The van der Waals surface area contributed by atoms with Gasteiger partial charge in [0.25, 0.3) is 5.95 Å². The minimum atomic E-state index is 0.380. The first-order chi connectivity index (χ1) is 13.5. The van der Waals surface area contributed by atoms with Gasteiger partial charge in [0.1, 0.15) is 6.33 Å². The van der Waals surface area contributed by atoms with E-state index < -0.39 is 0 Å². The molecule has 0 unspecified atom stereocenters. The van der Waals surface area contributed by atoms with Crippen molar-refractivity contribution in [1.82, 2.24) is 29.6 Å². The molecule has 4 aromatic rings. The fourth-order valence-corrected chi connectivity index (χ4v) is 3.70. The van der Waals surface area contributed by atoms with Gasteiger partial charge in [0.2, 0.25) is 0 Å². The van der Waals surface area contributed by atoms with Gasteiger partial charge < -0.3 is 5.32 Å². The number of nitrogens with zero attached hydrogens (tertiary/aromatic N) is 7. The third-order valence-corrected chi connectivity index (χ3v) is 5.31. The molecule has 0 aliphatic carbocycles. The Morgan fingerprint density at radius 3 is 2.79 bits per heavy atom. The van der Waals surface area contributed by atoms with E-state index in [1.165, 1.54) is 17.7 Å². The van der Waals surface area contributed by atoms with Gasteiger partial charge in [-0.15, -0.1) is 10.2 Å². The van der Waals surface area contributed by atoms with E-state index in [0.29, 0.717) is 16.2 Å². The van der Waals surface area contributed by atoms with Crippen molar-refractivity contribution in [1.29, 1.82) is 0 Å². The molecule has 0 saturated heterocycles. The van der Waals surface area contributed by atoms with Crippen LogP contribution < -0.4 is 5.32 Å². The molecule has 4 rings (SSSR count). The maximum Gasteiger partial charge on any atom is 0.273 e. The van der Waals surface area contributed by atoms with E-state index in [0.717, 1.165) is 27.5 Å². The molecule has 3 aromatic heterocycles. The first kappa shape index (κ1) is 18.3. The lowest BCUT2D eigenvalue weighted by atomic mass is 10.2. The molecule has 1 aromatic carbocycles. The number of thiazole rings is 1. The van der Waals surface area contributed by atoms with E-state index in [4.69, 9.17) is 11.6 Å². The standard InChI is InChI=1S/C18H17ClN8S/c1-11-6-4-5-7-14(11)22-17-23-16(19)15(28-17)9-21-26-10-20-24-18(26)27-13(3)8-12(2)25-27/h4-10H,1-3H3,(H,22,23)/b21-9+. The number of rotatable bonds is 5. The largest absolute Gasteiger partial charge is 0.331 e. The van der Waals surface area contributed by atoms with Crippen molar-refractivity contribution in [3.8, 4) is 5.95 Å².